The van der Waals surface area contributed by atoms with E-state index in [-0.39, 0.29) is 17.3 Å². The maximum Gasteiger partial charge on any atom is 0.308 e. The highest BCUT2D eigenvalue weighted by Crippen LogP contribution is 2.47. The Hall–Kier alpha value is -1.71. The van der Waals surface area contributed by atoms with Crippen molar-refractivity contribution in [3.63, 3.8) is 0 Å². The van der Waals surface area contributed by atoms with E-state index in [1.165, 1.54) is 18.4 Å². The Morgan fingerprint density at radius 2 is 2.05 bits per heavy atom. The monoisotopic (exact) mass is 305 g/mol. The summed E-state index contributed by atoms with van der Waals surface area (Å²) in [5, 5.41) is 0. The summed E-state index contributed by atoms with van der Waals surface area (Å²) in [6.45, 7) is 6.48. The van der Waals surface area contributed by atoms with Crippen LogP contribution in [-0.4, -0.2) is 33.3 Å². The van der Waals surface area contributed by atoms with Crippen LogP contribution < -0.4 is 9.64 Å². The summed E-state index contributed by atoms with van der Waals surface area (Å²) >= 11 is 0. The lowest BCUT2D eigenvalue weighted by molar-refractivity contribution is -0.145. The third-order valence-electron chi connectivity index (χ3n) is 5.06. The molecule has 22 heavy (non-hydrogen) atoms. The van der Waals surface area contributed by atoms with Crippen molar-refractivity contribution < 1.29 is 14.3 Å². The standard InChI is InChI=1S/C18H27NO3/c1-12(17(20)22-6)7-10-16-18(2,3)14-9-8-13(21-5)11-15(14)19(16)4/h8-9,11-12,16H,7,10H2,1-6H3. The molecular weight excluding hydrogens is 278 g/mol. The van der Waals surface area contributed by atoms with Crippen LogP contribution in [0.1, 0.15) is 39.2 Å². The van der Waals surface area contributed by atoms with Crippen LogP contribution in [0.3, 0.4) is 0 Å². The zero-order chi connectivity index (χ0) is 16.5. The fraction of sp³-hybridized carbons (Fsp3) is 0.611. The van der Waals surface area contributed by atoms with E-state index in [0.717, 1.165) is 18.6 Å². The Balaban J connectivity index is 2.19. The van der Waals surface area contributed by atoms with Gasteiger partial charge in [-0.3, -0.25) is 4.79 Å². The minimum atomic E-state index is -0.127. The van der Waals surface area contributed by atoms with Crippen molar-refractivity contribution in [3.05, 3.63) is 23.8 Å². The van der Waals surface area contributed by atoms with E-state index >= 15 is 0 Å². The van der Waals surface area contributed by atoms with Crippen molar-refractivity contribution in [1.29, 1.82) is 0 Å². The molecule has 0 fully saturated rings. The highest BCUT2D eigenvalue weighted by atomic mass is 16.5. The zero-order valence-electron chi connectivity index (χ0n) is 14.5. The van der Waals surface area contributed by atoms with Crippen LogP contribution in [0.2, 0.25) is 0 Å². The maximum atomic E-state index is 11.6. The topological polar surface area (TPSA) is 38.8 Å². The van der Waals surface area contributed by atoms with Crippen molar-refractivity contribution in [2.75, 3.05) is 26.2 Å². The molecule has 0 aromatic heterocycles. The van der Waals surface area contributed by atoms with Crippen LogP contribution in [0, 0.1) is 5.92 Å². The summed E-state index contributed by atoms with van der Waals surface area (Å²) in [5.74, 6) is 0.690. The van der Waals surface area contributed by atoms with Gasteiger partial charge in [-0.2, -0.15) is 0 Å². The van der Waals surface area contributed by atoms with Gasteiger partial charge in [0.2, 0.25) is 0 Å². The van der Waals surface area contributed by atoms with Gasteiger partial charge in [-0.05, 0) is 24.5 Å². The summed E-state index contributed by atoms with van der Waals surface area (Å²) < 4.78 is 10.2. The predicted molar refractivity (Wildman–Crippen MR) is 88.6 cm³/mol. The number of hydrogen-bond acceptors (Lipinski definition) is 4. The Morgan fingerprint density at radius 3 is 2.64 bits per heavy atom. The average Bonchev–Trinajstić information content (AvgIpc) is 2.70. The van der Waals surface area contributed by atoms with Gasteiger partial charge in [0.05, 0.1) is 20.1 Å². The third-order valence-corrected chi connectivity index (χ3v) is 5.06. The number of methoxy groups -OCH3 is 2. The molecule has 1 heterocycles. The zero-order valence-corrected chi connectivity index (χ0v) is 14.5. The number of ether oxygens (including phenoxy) is 2. The van der Waals surface area contributed by atoms with Gasteiger partial charge < -0.3 is 14.4 Å². The van der Waals surface area contributed by atoms with Gasteiger partial charge >= 0.3 is 5.97 Å². The Kier molecular flexibility index (Phi) is 4.69. The molecule has 2 unspecified atom stereocenters. The number of carbonyl (C=O) groups excluding carboxylic acids is 1. The number of benzene rings is 1. The fourth-order valence-electron chi connectivity index (χ4n) is 3.59. The first kappa shape index (κ1) is 16.7. The molecule has 0 amide bonds. The lowest BCUT2D eigenvalue weighted by Gasteiger charge is -2.33. The molecule has 2 atom stereocenters. The van der Waals surface area contributed by atoms with E-state index in [4.69, 9.17) is 9.47 Å². The van der Waals surface area contributed by atoms with Gasteiger partial charge in [0, 0.05) is 30.3 Å². The molecule has 0 saturated heterocycles. The molecule has 4 heteroatoms. The highest BCUT2D eigenvalue weighted by molar-refractivity contribution is 5.71. The van der Waals surface area contributed by atoms with Crippen molar-refractivity contribution in [2.45, 2.75) is 45.1 Å². The predicted octanol–water partition coefficient (Wildman–Crippen LogP) is 3.38. The van der Waals surface area contributed by atoms with Gasteiger partial charge in [-0.25, -0.2) is 0 Å². The number of rotatable bonds is 5. The van der Waals surface area contributed by atoms with E-state index in [0.29, 0.717) is 6.04 Å². The van der Waals surface area contributed by atoms with Crippen LogP contribution in [0.5, 0.6) is 5.75 Å². The van der Waals surface area contributed by atoms with E-state index < -0.39 is 0 Å². The van der Waals surface area contributed by atoms with Crippen molar-refractivity contribution in [3.8, 4) is 5.75 Å². The fourth-order valence-corrected chi connectivity index (χ4v) is 3.59. The van der Waals surface area contributed by atoms with Crippen LogP contribution in [-0.2, 0) is 14.9 Å². The molecule has 0 N–H and O–H groups in total. The quantitative estimate of drug-likeness (QED) is 0.782. The minimum absolute atomic E-state index is 0.0478. The summed E-state index contributed by atoms with van der Waals surface area (Å²) in [6, 6.07) is 6.64. The third kappa shape index (κ3) is 2.79. The van der Waals surface area contributed by atoms with Gasteiger partial charge in [0.25, 0.3) is 0 Å². The molecule has 1 aliphatic rings. The van der Waals surface area contributed by atoms with Crippen molar-refractivity contribution >= 4 is 11.7 Å². The van der Waals surface area contributed by atoms with Crippen LogP contribution in [0.4, 0.5) is 5.69 Å². The summed E-state index contributed by atoms with van der Waals surface area (Å²) in [7, 11) is 5.27. The molecule has 1 aromatic carbocycles. The average molecular weight is 305 g/mol. The van der Waals surface area contributed by atoms with E-state index in [9.17, 15) is 4.79 Å². The largest absolute Gasteiger partial charge is 0.497 e. The van der Waals surface area contributed by atoms with Crippen LogP contribution in [0.15, 0.2) is 18.2 Å². The molecule has 0 spiro atoms. The number of fused-ring (bicyclic) bond motifs is 1. The molecular formula is C18H27NO3. The number of nitrogens with zero attached hydrogens (tertiary/aromatic N) is 1. The number of anilines is 1. The highest BCUT2D eigenvalue weighted by Gasteiger charge is 2.42. The van der Waals surface area contributed by atoms with Crippen LogP contribution in [0.25, 0.3) is 0 Å². The van der Waals surface area contributed by atoms with E-state index in [2.05, 4.69) is 37.9 Å². The van der Waals surface area contributed by atoms with Gasteiger partial charge in [-0.1, -0.05) is 26.8 Å². The number of likely N-dealkylation sites (N-methyl/N-ethyl adjacent to an activating group) is 1. The van der Waals surface area contributed by atoms with E-state index in [1.54, 1.807) is 7.11 Å². The van der Waals surface area contributed by atoms with Gasteiger partial charge in [0.15, 0.2) is 0 Å². The Morgan fingerprint density at radius 1 is 1.36 bits per heavy atom. The second-order valence-corrected chi connectivity index (χ2v) is 6.73. The first-order chi connectivity index (χ1) is 10.3. The van der Waals surface area contributed by atoms with E-state index in [1.807, 2.05) is 13.0 Å². The molecule has 0 radical (unpaired) electrons. The molecule has 0 aliphatic carbocycles. The molecule has 0 bridgehead atoms. The van der Waals surface area contributed by atoms with Crippen molar-refractivity contribution in [2.24, 2.45) is 5.92 Å². The van der Waals surface area contributed by atoms with Crippen LogP contribution >= 0.6 is 0 Å². The molecule has 122 valence electrons. The SMILES string of the molecule is COC(=O)C(C)CCC1N(C)c2cc(OC)ccc2C1(C)C. The first-order valence-electron chi connectivity index (χ1n) is 7.82. The number of carbonyl (C=O) groups is 1. The molecule has 1 aromatic rings. The van der Waals surface area contributed by atoms with Crippen molar-refractivity contribution in [1.82, 2.24) is 0 Å². The lowest BCUT2D eigenvalue weighted by atomic mass is 9.78. The first-order valence-corrected chi connectivity index (χ1v) is 7.82. The Bertz CT molecular complexity index is 553. The molecule has 4 nitrogen and oxygen atoms in total. The molecule has 0 saturated carbocycles. The van der Waals surface area contributed by atoms with Gasteiger partial charge in [-0.15, -0.1) is 0 Å². The maximum absolute atomic E-state index is 11.6. The van der Waals surface area contributed by atoms with Gasteiger partial charge in [0.1, 0.15) is 5.75 Å². The second kappa shape index (κ2) is 6.19. The molecule has 1 aliphatic heterocycles. The number of esters is 1. The lowest BCUT2D eigenvalue weighted by Crippen LogP contribution is -2.39. The minimum Gasteiger partial charge on any atom is -0.497 e. The second-order valence-electron chi connectivity index (χ2n) is 6.73. The number of hydrogen-bond donors (Lipinski definition) is 0. The summed E-state index contributed by atoms with van der Waals surface area (Å²) in [6.07, 6.45) is 1.78. The normalized spacial score (nSPS) is 20.5. The Labute approximate surface area is 133 Å². The summed E-state index contributed by atoms with van der Waals surface area (Å²) in [4.78, 5) is 13.9. The summed E-state index contributed by atoms with van der Waals surface area (Å²) in [5.41, 5.74) is 2.61. The smallest absolute Gasteiger partial charge is 0.308 e. The molecule has 2 rings (SSSR count).